The summed E-state index contributed by atoms with van der Waals surface area (Å²) < 4.78 is 16.1. The van der Waals surface area contributed by atoms with Gasteiger partial charge in [-0.1, -0.05) is 37.0 Å². The minimum Gasteiger partial charge on any atom is -0.463 e. The highest BCUT2D eigenvalue weighted by Crippen LogP contribution is 2.32. The van der Waals surface area contributed by atoms with Crippen LogP contribution in [0.5, 0.6) is 0 Å². The molecule has 30 heavy (non-hydrogen) atoms. The van der Waals surface area contributed by atoms with Crippen molar-refractivity contribution in [1.29, 1.82) is 0 Å². The first-order valence-electron chi connectivity index (χ1n) is 10.5. The Balaban J connectivity index is 2.22. The van der Waals surface area contributed by atoms with Gasteiger partial charge in [0.05, 0.1) is 18.2 Å². The number of carbonyl (C=O) groups is 3. The van der Waals surface area contributed by atoms with Crippen molar-refractivity contribution in [2.75, 3.05) is 6.61 Å². The van der Waals surface area contributed by atoms with Crippen LogP contribution in [0.1, 0.15) is 69.3 Å². The van der Waals surface area contributed by atoms with Crippen molar-refractivity contribution in [3.05, 3.63) is 35.4 Å². The molecule has 7 heteroatoms. The minimum absolute atomic E-state index is 0.139. The summed E-state index contributed by atoms with van der Waals surface area (Å²) in [6.07, 6.45) is 1.71. The number of nitrogens with one attached hydrogen (secondary N) is 1. The number of rotatable bonds is 8. The number of esters is 2. The summed E-state index contributed by atoms with van der Waals surface area (Å²) in [7, 11) is 0. The van der Waals surface area contributed by atoms with Crippen LogP contribution in [-0.4, -0.2) is 42.4 Å². The van der Waals surface area contributed by atoms with E-state index in [-0.39, 0.29) is 6.61 Å². The van der Waals surface area contributed by atoms with Gasteiger partial charge in [0.25, 0.3) is 0 Å². The average Bonchev–Trinajstić information content (AvgIpc) is 2.60. The van der Waals surface area contributed by atoms with Crippen molar-refractivity contribution in [1.82, 2.24) is 5.32 Å². The van der Waals surface area contributed by atoms with Gasteiger partial charge in [-0.05, 0) is 59.1 Å². The monoisotopic (exact) mass is 419 g/mol. The number of aryl methyl sites for hydroxylation is 1. The summed E-state index contributed by atoms with van der Waals surface area (Å²) in [6, 6.07) is 6.13. The molecular weight excluding hydrogens is 386 g/mol. The second-order valence-electron chi connectivity index (χ2n) is 8.73. The predicted octanol–water partition coefficient (Wildman–Crippen LogP) is 4.17. The maximum atomic E-state index is 12.7. The molecule has 0 saturated heterocycles. The number of benzene rings is 1. The van der Waals surface area contributed by atoms with E-state index in [1.165, 1.54) is 0 Å². The molecule has 1 aliphatic rings. The molecule has 0 spiro atoms. The summed E-state index contributed by atoms with van der Waals surface area (Å²) in [6.45, 7) is 9.00. The molecule has 2 atom stereocenters. The molecule has 0 aromatic heterocycles. The highest BCUT2D eigenvalue weighted by atomic mass is 16.6. The van der Waals surface area contributed by atoms with Crippen molar-refractivity contribution in [3.8, 4) is 0 Å². The zero-order valence-corrected chi connectivity index (χ0v) is 18.5. The Bertz CT molecular complexity index is 733. The van der Waals surface area contributed by atoms with Gasteiger partial charge in [-0.2, -0.15) is 0 Å². The zero-order valence-electron chi connectivity index (χ0n) is 18.5. The Labute approximate surface area is 178 Å². The lowest BCUT2D eigenvalue weighted by Gasteiger charge is -2.33. The van der Waals surface area contributed by atoms with Crippen molar-refractivity contribution >= 4 is 18.0 Å². The van der Waals surface area contributed by atoms with Crippen LogP contribution in [0.4, 0.5) is 4.79 Å². The Morgan fingerprint density at radius 1 is 1.13 bits per heavy atom. The molecule has 1 aromatic rings. The molecule has 0 bridgehead atoms. The third-order valence-corrected chi connectivity index (χ3v) is 4.92. The van der Waals surface area contributed by atoms with Gasteiger partial charge in [0, 0.05) is 0 Å². The lowest BCUT2D eigenvalue weighted by Crippen LogP contribution is -2.52. The summed E-state index contributed by atoms with van der Waals surface area (Å²) in [5.41, 5.74) is 0.640. The Morgan fingerprint density at radius 2 is 1.77 bits per heavy atom. The van der Waals surface area contributed by atoms with E-state index in [0.29, 0.717) is 17.9 Å². The quantitative estimate of drug-likeness (QED) is 0.502. The predicted molar refractivity (Wildman–Crippen MR) is 112 cm³/mol. The van der Waals surface area contributed by atoms with Gasteiger partial charge in [0.15, 0.2) is 0 Å². The molecule has 2 rings (SSSR count). The highest BCUT2D eigenvalue weighted by molar-refractivity contribution is 5.91. The molecule has 2 unspecified atom stereocenters. The standard InChI is InChI=1S/C23H33NO6/c1-6-28-21(26)19(29-20(25)17-12-10-15(2)11-13-17)18(14-16-8-7-9-16)24-22(27)30-23(3,4)5/h10-13,16,18-19H,6-9,14H2,1-5H3,(H,24,27). The van der Waals surface area contributed by atoms with Gasteiger partial charge in [0.1, 0.15) is 5.60 Å². The molecule has 7 nitrogen and oxygen atoms in total. The van der Waals surface area contributed by atoms with Crippen LogP contribution >= 0.6 is 0 Å². The largest absolute Gasteiger partial charge is 0.463 e. The van der Waals surface area contributed by atoms with E-state index < -0.39 is 35.8 Å². The Kier molecular flexibility index (Phi) is 8.26. The van der Waals surface area contributed by atoms with E-state index in [0.717, 1.165) is 24.8 Å². The highest BCUT2D eigenvalue weighted by Gasteiger charge is 2.38. The molecule has 1 aromatic carbocycles. The fraction of sp³-hybridized carbons (Fsp3) is 0.609. The fourth-order valence-electron chi connectivity index (χ4n) is 3.20. The van der Waals surface area contributed by atoms with Crippen molar-refractivity contribution in [3.63, 3.8) is 0 Å². The van der Waals surface area contributed by atoms with E-state index in [4.69, 9.17) is 14.2 Å². The van der Waals surface area contributed by atoms with Crippen LogP contribution in [0.25, 0.3) is 0 Å². The first kappa shape index (κ1) is 23.7. The van der Waals surface area contributed by atoms with Gasteiger partial charge in [-0.3, -0.25) is 0 Å². The molecular formula is C23H33NO6. The van der Waals surface area contributed by atoms with Crippen LogP contribution in [-0.2, 0) is 19.0 Å². The van der Waals surface area contributed by atoms with Gasteiger partial charge in [0.2, 0.25) is 6.10 Å². The first-order valence-corrected chi connectivity index (χ1v) is 10.5. The lowest BCUT2D eigenvalue weighted by atomic mass is 9.80. The van der Waals surface area contributed by atoms with Crippen molar-refractivity contribution < 1.29 is 28.6 Å². The first-order chi connectivity index (χ1) is 14.1. The van der Waals surface area contributed by atoms with Gasteiger partial charge < -0.3 is 19.5 Å². The third-order valence-electron chi connectivity index (χ3n) is 4.92. The third kappa shape index (κ3) is 7.35. The van der Waals surface area contributed by atoms with Crippen molar-refractivity contribution in [2.24, 2.45) is 5.92 Å². The summed E-state index contributed by atoms with van der Waals surface area (Å²) >= 11 is 0. The topological polar surface area (TPSA) is 90.9 Å². The molecule has 166 valence electrons. The van der Waals surface area contributed by atoms with E-state index in [9.17, 15) is 14.4 Å². The molecule has 1 fully saturated rings. The van der Waals surface area contributed by atoms with Crippen LogP contribution in [0.15, 0.2) is 24.3 Å². The fourth-order valence-corrected chi connectivity index (χ4v) is 3.20. The van der Waals surface area contributed by atoms with E-state index >= 15 is 0 Å². The van der Waals surface area contributed by atoms with Gasteiger partial charge in [-0.15, -0.1) is 0 Å². The van der Waals surface area contributed by atoms with E-state index in [2.05, 4.69) is 5.32 Å². The number of alkyl carbamates (subject to hydrolysis) is 1. The zero-order chi connectivity index (χ0) is 22.3. The SMILES string of the molecule is CCOC(=O)C(OC(=O)c1ccc(C)cc1)C(CC1CCC1)NC(=O)OC(C)(C)C. The van der Waals surface area contributed by atoms with Gasteiger partial charge >= 0.3 is 18.0 Å². The maximum Gasteiger partial charge on any atom is 0.408 e. The Hall–Kier alpha value is -2.57. The molecule has 0 radical (unpaired) electrons. The van der Waals surface area contributed by atoms with Crippen LogP contribution in [0.2, 0.25) is 0 Å². The van der Waals surface area contributed by atoms with Gasteiger partial charge in [-0.25, -0.2) is 14.4 Å². The summed E-state index contributed by atoms with van der Waals surface area (Å²) in [5.74, 6) is -0.976. The number of amides is 1. The molecule has 0 heterocycles. The number of carbonyl (C=O) groups excluding carboxylic acids is 3. The second kappa shape index (κ2) is 10.5. The van der Waals surface area contributed by atoms with Crippen LogP contribution in [0.3, 0.4) is 0 Å². The summed E-state index contributed by atoms with van der Waals surface area (Å²) in [4.78, 5) is 37.8. The Morgan fingerprint density at radius 3 is 2.27 bits per heavy atom. The molecule has 0 aliphatic heterocycles. The maximum absolute atomic E-state index is 12.7. The smallest absolute Gasteiger partial charge is 0.408 e. The van der Waals surface area contributed by atoms with Crippen LogP contribution < -0.4 is 5.32 Å². The minimum atomic E-state index is -1.26. The average molecular weight is 420 g/mol. The van der Waals surface area contributed by atoms with Crippen LogP contribution in [0, 0.1) is 12.8 Å². The molecule has 1 saturated carbocycles. The summed E-state index contributed by atoms with van der Waals surface area (Å²) in [5, 5.41) is 2.74. The second-order valence-corrected chi connectivity index (χ2v) is 8.73. The number of hydrogen-bond donors (Lipinski definition) is 1. The molecule has 1 aliphatic carbocycles. The van der Waals surface area contributed by atoms with Crippen molar-refractivity contribution in [2.45, 2.75) is 78.0 Å². The molecule has 1 amide bonds. The number of hydrogen-bond acceptors (Lipinski definition) is 6. The molecule has 1 N–H and O–H groups in total. The number of ether oxygens (including phenoxy) is 3. The van der Waals surface area contributed by atoms with E-state index in [1.807, 2.05) is 6.92 Å². The van der Waals surface area contributed by atoms with E-state index in [1.54, 1.807) is 52.0 Å². The lowest BCUT2D eigenvalue weighted by molar-refractivity contribution is -0.155. The normalized spacial score (nSPS) is 16.0.